The lowest BCUT2D eigenvalue weighted by atomic mass is 10.1. The second-order valence-electron chi connectivity index (χ2n) is 4.25. The number of alkyl halides is 3. The van der Waals surface area contributed by atoms with Crippen LogP contribution in [-0.4, -0.2) is 5.11 Å². The molecule has 0 aliphatic rings. The van der Waals surface area contributed by atoms with Crippen LogP contribution in [0.3, 0.4) is 0 Å². The number of anilines is 1. The standard InChI is InChI=1S/C14H11F3N2O2/c15-14(16,17)12-5-9(6-18)1-4-13(12)19-7-10-2-3-11(8-20)21-10/h1-5,19-20H,7-8H2. The Hall–Kier alpha value is -2.46. The zero-order valence-corrected chi connectivity index (χ0v) is 10.7. The van der Waals surface area contributed by atoms with Gasteiger partial charge in [0, 0.05) is 5.69 Å². The van der Waals surface area contributed by atoms with Crippen LogP contribution in [0.25, 0.3) is 0 Å². The quantitative estimate of drug-likeness (QED) is 0.908. The number of hydrogen-bond donors (Lipinski definition) is 2. The van der Waals surface area contributed by atoms with E-state index in [0.29, 0.717) is 11.5 Å². The summed E-state index contributed by atoms with van der Waals surface area (Å²) in [6.45, 7) is -0.236. The summed E-state index contributed by atoms with van der Waals surface area (Å²) in [4.78, 5) is 0. The third kappa shape index (κ3) is 3.55. The van der Waals surface area contributed by atoms with Gasteiger partial charge in [-0.1, -0.05) is 0 Å². The first kappa shape index (κ1) is 14.9. The minimum Gasteiger partial charge on any atom is -0.462 e. The fourth-order valence-electron chi connectivity index (χ4n) is 1.79. The molecular weight excluding hydrogens is 285 g/mol. The predicted octanol–water partition coefficient (Wildman–Crippen LogP) is 3.27. The van der Waals surface area contributed by atoms with Crippen LogP contribution >= 0.6 is 0 Å². The Kier molecular flexibility index (Phi) is 4.19. The van der Waals surface area contributed by atoms with E-state index < -0.39 is 11.7 Å². The second-order valence-corrected chi connectivity index (χ2v) is 4.25. The van der Waals surface area contributed by atoms with E-state index in [4.69, 9.17) is 14.8 Å². The lowest BCUT2D eigenvalue weighted by Crippen LogP contribution is -2.11. The molecule has 0 saturated carbocycles. The molecule has 110 valence electrons. The largest absolute Gasteiger partial charge is 0.462 e. The monoisotopic (exact) mass is 296 g/mol. The van der Waals surface area contributed by atoms with E-state index in [1.807, 2.05) is 0 Å². The average molecular weight is 296 g/mol. The number of aliphatic hydroxyl groups excluding tert-OH is 1. The topological polar surface area (TPSA) is 69.2 Å². The molecule has 1 aromatic heterocycles. The minimum atomic E-state index is -4.56. The Morgan fingerprint density at radius 1 is 1.19 bits per heavy atom. The van der Waals surface area contributed by atoms with E-state index in [0.717, 1.165) is 6.07 Å². The van der Waals surface area contributed by atoms with Crippen LogP contribution in [0.1, 0.15) is 22.6 Å². The van der Waals surface area contributed by atoms with Gasteiger partial charge in [-0.2, -0.15) is 18.4 Å². The molecule has 2 N–H and O–H groups in total. The first-order valence-electron chi connectivity index (χ1n) is 5.97. The molecule has 1 heterocycles. The van der Waals surface area contributed by atoms with Gasteiger partial charge in [-0.25, -0.2) is 0 Å². The minimum absolute atomic E-state index is 0.0367. The SMILES string of the molecule is N#Cc1ccc(NCc2ccc(CO)o2)c(C(F)(F)F)c1. The second kappa shape index (κ2) is 5.89. The van der Waals surface area contributed by atoms with Crippen molar-refractivity contribution >= 4 is 5.69 Å². The number of rotatable bonds is 4. The highest BCUT2D eigenvalue weighted by Gasteiger charge is 2.33. The first-order chi connectivity index (χ1) is 9.94. The van der Waals surface area contributed by atoms with Crippen molar-refractivity contribution in [1.29, 1.82) is 5.26 Å². The van der Waals surface area contributed by atoms with Gasteiger partial charge in [0.2, 0.25) is 0 Å². The number of halogens is 3. The number of nitrogens with zero attached hydrogens (tertiary/aromatic N) is 1. The maximum Gasteiger partial charge on any atom is 0.418 e. The van der Waals surface area contributed by atoms with Crippen LogP contribution in [-0.2, 0) is 19.3 Å². The fraction of sp³-hybridized carbons (Fsp3) is 0.214. The van der Waals surface area contributed by atoms with Crippen LogP contribution in [0.5, 0.6) is 0 Å². The van der Waals surface area contributed by atoms with E-state index >= 15 is 0 Å². The van der Waals surface area contributed by atoms with Crippen molar-refractivity contribution < 1.29 is 22.7 Å². The molecule has 4 nitrogen and oxygen atoms in total. The Balaban J connectivity index is 2.21. The third-order valence-corrected chi connectivity index (χ3v) is 2.78. The number of hydrogen-bond acceptors (Lipinski definition) is 4. The van der Waals surface area contributed by atoms with Crippen molar-refractivity contribution in [3.05, 3.63) is 53.0 Å². The zero-order chi connectivity index (χ0) is 15.5. The van der Waals surface area contributed by atoms with E-state index in [2.05, 4.69) is 5.32 Å². The summed E-state index contributed by atoms with van der Waals surface area (Å²) in [6, 6.07) is 8.09. The Morgan fingerprint density at radius 3 is 2.48 bits per heavy atom. The highest BCUT2D eigenvalue weighted by atomic mass is 19.4. The number of furan rings is 1. The van der Waals surface area contributed by atoms with Gasteiger partial charge >= 0.3 is 6.18 Å². The number of nitriles is 1. The van der Waals surface area contributed by atoms with Gasteiger partial charge in [-0.05, 0) is 30.3 Å². The van der Waals surface area contributed by atoms with Gasteiger partial charge in [0.15, 0.2) is 0 Å². The van der Waals surface area contributed by atoms with Gasteiger partial charge in [0.1, 0.15) is 18.1 Å². The Labute approximate surface area is 118 Å². The van der Waals surface area contributed by atoms with E-state index in [1.54, 1.807) is 18.2 Å². The summed E-state index contributed by atoms with van der Waals surface area (Å²) < 4.78 is 44.0. The molecule has 0 fully saturated rings. The lowest BCUT2D eigenvalue weighted by Gasteiger charge is -2.14. The molecule has 7 heteroatoms. The van der Waals surface area contributed by atoms with Gasteiger partial charge in [-0.3, -0.25) is 0 Å². The van der Waals surface area contributed by atoms with Crippen LogP contribution in [0.2, 0.25) is 0 Å². The summed E-state index contributed by atoms with van der Waals surface area (Å²) in [5.74, 6) is 0.735. The molecule has 0 bridgehead atoms. The summed E-state index contributed by atoms with van der Waals surface area (Å²) in [6.07, 6.45) is -4.56. The van der Waals surface area contributed by atoms with E-state index in [1.165, 1.54) is 12.1 Å². The molecule has 0 unspecified atom stereocenters. The molecular formula is C14H11F3N2O2. The highest BCUT2D eigenvalue weighted by molar-refractivity contribution is 5.56. The molecule has 0 amide bonds. The Bertz CT molecular complexity index is 672. The van der Waals surface area contributed by atoms with Gasteiger partial charge in [0.25, 0.3) is 0 Å². The molecule has 2 aromatic rings. The normalized spacial score (nSPS) is 11.2. The molecule has 1 aromatic carbocycles. The maximum absolute atomic E-state index is 12.9. The number of benzene rings is 1. The van der Waals surface area contributed by atoms with Crippen LogP contribution in [0, 0.1) is 11.3 Å². The lowest BCUT2D eigenvalue weighted by molar-refractivity contribution is -0.137. The van der Waals surface area contributed by atoms with Gasteiger partial charge < -0.3 is 14.8 Å². The summed E-state index contributed by atoms with van der Waals surface area (Å²) in [5, 5.41) is 20.2. The molecule has 0 spiro atoms. The smallest absolute Gasteiger partial charge is 0.418 e. The van der Waals surface area contributed by atoms with Crippen LogP contribution in [0.4, 0.5) is 18.9 Å². The van der Waals surface area contributed by atoms with Crippen molar-refractivity contribution in [2.24, 2.45) is 0 Å². The first-order valence-corrected chi connectivity index (χ1v) is 5.97. The molecule has 0 atom stereocenters. The van der Waals surface area contributed by atoms with Gasteiger partial charge in [-0.15, -0.1) is 0 Å². The molecule has 0 aliphatic heterocycles. The van der Waals surface area contributed by atoms with Crippen molar-refractivity contribution in [2.75, 3.05) is 5.32 Å². The highest BCUT2D eigenvalue weighted by Crippen LogP contribution is 2.35. The summed E-state index contributed by atoms with van der Waals surface area (Å²) in [5.41, 5.74) is -1.10. The van der Waals surface area contributed by atoms with E-state index in [9.17, 15) is 13.2 Å². The Morgan fingerprint density at radius 2 is 1.90 bits per heavy atom. The third-order valence-electron chi connectivity index (χ3n) is 2.78. The zero-order valence-electron chi connectivity index (χ0n) is 10.7. The van der Waals surface area contributed by atoms with Crippen molar-refractivity contribution in [1.82, 2.24) is 0 Å². The van der Waals surface area contributed by atoms with Crippen molar-refractivity contribution in [2.45, 2.75) is 19.3 Å². The molecule has 2 rings (SSSR count). The number of aliphatic hydroxyl groups is 1. The predicted molar refractivity (Wildman–Crippen MR) is 68.1 cm³/mol. The molecule has 0 saturated heterocycles. The molecule has 21 heavy (non-hydrogen) atoms. The van der Waals surface area contributed by atoms with Crippen LogP contribution in [0.15, 0.2) is 34.7 Å². The molecule has 0 aliphatic carbocycles. The molecule has 0 radical (unpaired) electrons. The van der Waals surface area contributed by atoms with Crippen molar-refractivity contribution in [3.8, 4) is 6.07 Å². The summed E-state index contributed by atoms with van der Waals surface area (Å²) >= 11 is 0. The average Bonchev–Trinajstić information content (AvgIpc) is 2.92. The summed E-state index contributed by atoms with van der Waals surface area (Å²) in [7, 11) is 0. The van der Waals surface area contributed by atoms with E-state index in [-0.39, 0.29) is 24.4 Å². The van der Waals surface area contributed by atoms with Crippen molar-refractivity contribution in [3.63, 3.8) is 0 Å². The van der Waals surface area contributed by atoms with Crippen LogP contribution < -0.4 is 5.32 Å². The maximum atomic E-state index is 12.9. The fourth-order valence-corrected chi connectivity index (χ4v) is 1.79. The van der Waals surface area contributed by atoms with Gasteiger partial charge in [0.05, 0.1) is 23.7 Å². The number of nitrogens with one attached hydrogen (secondary N) is 1.